The molecule has 20 heavy (non-hydrogen) atoms. The normalized spacial score (nSPS) is 12.2. The van der Waals surface area contributed by atoms with Crippen molar-refractivity contribution in [2.75, 3.05) is 12.9 Å². The maximum Gasteiger partial charge on any atom is 0.137 e. The number of ether oxygens (including phenoxy) is 1. The first-order valence-electron chi connectivity index (χ1n) is 6.47. The van der Waals surface area contributed by atoms with E-state index in [1.165, 1.54) is 4.90 Å². The van der Waals surface area contributed by atoms with Gasteiger partial charge in [-0.05, 0) is 36.4 Å². The van der Waals surface area contributed by atoms with E-state index in [1.54, 1.807) is 18.0 Å². The molecule has 4 nitrogen and oxygen atoms in total. The van der Waals surface area contributed by atoms with Crippen LogP contribution in [0, 0.1) is 0 Å². The van der Waals surface area contributed by atoms with Gasteiger partial charge in [-0.25, -0.2) is 5.43 Å². The molecule has 0 aliphatic carbocycles. The molecule has 0 amide bonds. The van der Waals surface area contributed by atoms with E-state index in [4.69, 9.17) is 10.6 Å². The van der Waals surface area contributed by atoms with Gasteiger partial charge in [0.15, 0.2) is 0 Å². The van der Waals surface area contributed by atoms with Crippen molar-refractivity contribution >= 4 is 11.8 Å². The van der Waals surface area contributed by atoms with E-state index in [0.29, 0.717) is 6.61 Å². The highest BCUT2D eigenvalue weighted by molar-refractivity contribution is 7.98. The Morgan fingerprint density at radius 3 is 2.85 bits per heavy atom. The molecule has 1 aromatic heterocycles. The maximum absolute atomic E-state index is 5.76. The van der Waals surface area contributed by atoms with Crippen molar-refractivity contribution in [2.45, 2.75) is 17.9 Å². The maximum atomic E-state index is 5.76. The van der Waals surface area contributed by atoms with E-state index in [0.717, 1.165) is 16.9 Å². The van der Waals surface area contributed by atoms with Crippen molar-refractivity contribution in [3.05, 3.63) is 53.9 Å². The van der Waals surface area contributed by atoms with Crippen LogP contribution in [0.25, 0.3) is 0 Å². The predicted molar refractivity (Wildman–Crippen MR) is 82.8 cm³/mol. The Kier molecular flexibility index (Phi) is 5.40. The third-order valence-electron chi connectivity index (χ3n) is 3.00. The number of nitrogens with one attached hydrogen (secondary N) is 1. The summed E-state index contributed by atoms with van der Waals surface area (Å²) in [5.74, 6) is 6.51. The zero-order valence-corrected chi connectivity index (χ0v) is 12.5. The molecule has 0 radical (unpaired) electrons. The monoisotopic (exact) mass is 289 g/mol. The van der Waals surface area contributed by atoms with E-state index in [2.05, 4.69) is 28.8 Å². The fourth-order valence-corrected chi connectivity index (χ4v) is 2.75. The molecular formula is C15H19N3OS. The Balaban J connectivity index is 2.39. The molecule has 106 valence electrons. The van der Waals surface area contributed by atoms with Gasteiger partial charge >= 0.3 is 0 Å². The molecule has 1 heterocycles. The highest BCUT2D eigenvalue weighted by atomic mass is 32.2. The van der Waals surface area contributed by atoms with E-state index in [1.807, 2.05) is 31.3 Å². The van der Waals surface area contributed by atoms with Crippen molar-refractivity contribution in [3.8, 4) is 5.75 Å². The smallest absolute Gasteiger partial charge is 0.137 e. The number of hydrogen-bond donors (Lipinski definition) is 2. The quantitative estimate of drug-likeness (QED) is 0.486. The van der Waals surface area contributed by atoms with Crippen LogP contribution >= 0.6 is 11.8 Å². The first kappa shape index (κ1) is 14.8. The molecule has 3 N–H and O–H groups in total. The summed E-state index contributed by atoms with van der Waals surface area (Å²) >= 11 is 1.70. The van der Waals surface area contributed by atoms with Crippen LogP contribution in [0.5, 0.6) is 5.75 Å². The summed E-state index contributed by atoms with van der Waals surface area (Å²) in [5.41, 5.74) is 4.99. The molecule has 0 aliphatic rings. The molecular weight excluding hydrogens is 270 g/mol. The van der Waals surface area contributed by atoms with Gasteiger partial charge in [0.05, 0.1) is 18.8 Å². The van der Waals surface area contributed by atoms with Crippen molar-refractivity contribution < 1.29 is 4.74 Å². The van der Waals surface area contributed by atoms with Gasteiger partial charge in [0.2, 0.25) is 0 Å². The van der Waals surface area contributed by atoms with Gasteiger partial charge < -0.3 is 4.74 Å². The molecule has 1 aromatic carbocycles. The summed E-state index contributed by atoms with van der Waals surface area (Å²) in [7, 11) is 0. The Labute approximate surface area is 123 Å². The van der Waals surface area contributed by atoms with Crippen LogP contribution in [0.2, 0.25) is 0 Å². The van der Waals surface area contributed by atoms with Gasteiger partial charge in [-0.1, -0.05) is 18.2 Å². The topological polar surface area (TPSA) is 60.2 Å². The summed E-state index contributed by atoms with van der Waals surface area (Å²) in [4.78, 5) is 5.42. The van der Waals surface area contributed by atoms with Crippen LogP contribution < -0.4 is 16.0 Å². The molecule has 0 saturated carbocycles. The first-order valence-corrected chi connectivity index (χ1v) is 7.69. The van der Waals surface area contributed by atoms with Crippen LogP contribution in [-0.2, 0) is 0 Å². The Bertz CT molecular complexity index is 562. The van der Waals surface area contributed by atoms with Crippen molar-refractivity contribution in [2.24, 2.45) is 5.84 Å². The minimum atomic E-state index is -0.105. The van der Waals surface area contributed by atoms with Crippen LogP contribution in [0.3, 0.4) is 0 Å². The lowest BCUT2D eigenvalue weighted by molar-refractivity contribution is 0.338. The number of hydrogen-bond acceptors (Lipinski definition) is 5. The summed E-state index contributed by atoms with van der Waals surface area (Å²) in [6.45, 7) is 2.57. The Hall–Kier alpha value is -1.56. The number of pyridine rings is 1. The van der Waals surface area contributed by atoms with Gasteiger partial charge in [0.25, 0.3) is 0 Å². The second kappa shape index (κ2) is 7.28. The first-order chi connectivity index (χ1) is 9.80. The second-order valence-electron chi connectivity index (χ2n) is 4.23. The second-order valence-corrected chi connectivity index (χ2v) is 5.08. The Morgan fingerprint density at radius 1 is 1.35 bits per heavy atom. The van der Waals surface area contributed by atoms with Crippen LogP contribution in [0.4, 0.5) is 0 Å². The average molecular weight is 289 g/mol. The average Bonchev–Trinajstić information content (AvgIpc) is 2.49. The highest BCUT2D eigenvalue weighted by Gasteiger charge is 2.16. The molecule has 2 aromatic rings. The van der Waals surface area contributed by atoms with Crippen LogP contribution in [0.15, 0.2) is 47.6 Å². The van der Waals surface area contributed by atoms with E-state index in [-0.39, 0.29) is 6.04 Å². The molecule has 0 saturated heterocycles. The van der Waals surface area contributed by atoms with Gasteiger partial charge in [-0.3, -0.25) is 10.8 Å². The number of nitrogens with zero attached hydrogens (tertiary/aromatic N) is 1. The third kappa shape index (κ3) is 3.30. The minimum absolute atomic E-state index is 0.105. The van der Waals surface area contributed by atoms with Crippen LogP contribution in [0.1, 0.15) is 24.1 Å². The molecule has 5 heteroatoms. The van der Waals surface area contributed by atoms with E-state index < -0.39 is 0 Å². The highest BCUT2D eigenvalue weighted by Crippen LogP contribution is 2.30. The Morgan fingerprint density at radius 2 is 2.15 bits per heavy atom. The van der Waals surface area contributed by atoms with Gasteiger partial charge in [0.1, 0.15) is 5.75 Å². The number of nitrogens with two attached hydrogens (primary N) is 1. The number of aromatic nitrogens is 1. The van der Waals surface area contributed by atoms with Crippen LogP contribution in [-0.4, -0.2) is 17.8 Å². The van der Waals surface area contributed by atoms with E-state index >= 15 is 0 Å². The molecule has 0 spiro atoms. The summed E-state index contributed by atoms with van der Waals surface area (Å²) in [5, 5.41) is 0. The minimum Gasteiger partial charge on any atom is -0.492 e. The largest absolute Gasteiger partial charge is 0.492 e. The van der Waals surface area contributed by atoms with Gasteiger partial charge in [-0.15, -0.1) is 11.8 Å². The lowest BCUT2D eigenvalue weighted by Gasteiger charge is -2.19. The summed E-state index contributed by atoms with van der Waals surface area (Å²) < 4.78 is 5.50. The lowest BCUT2D eigenvalue weighted by Crippen LogP contribution is -2.29. The summed E-state index contributed by atoms with van der Waals surface area (Å²) in [6, 6.07) is 10.1. The molecule has 1 unspecified atom stereocenters. The molecule has 2 rings (SSSR count). The SMILES string of the molecule is CCOc1cncc(C(NN)c2ccccc2SC)c1. The van der Waals surface area contributed by atoms with Crippen molar-refractivity contribution in [1.82, 2.24) is 10.4 Å². The van der Waals surface area contributed by atoms with Gasteiger partial charge in [0, 0.05) is 11.1 Å². The zero-order valence-electron chi connectivity index (χ0n) is 11.7. The molecule has 1 atom stereocenters. The standard InChI is InChI=1S/C15H19N3OS/c1-3-19-12-8-11(9-17-10-12)15(18-16)13-6-4-5-7-14(13)20-2/h4-10,15,18H,3,16H2,1-2H3. The van der Waals surface area contributed by atoms with E-state index in [9.17, 15) is 0 Å². The molecule has 0 aliphatic heterocycles. The third-order valence-corrected chi connectivity index (χ3v) is 3.81. The fraction of sp³-hybridized carbons (Fsp3) is 0.267. The van der Waals surface area contributed by atoms with Crippen molar-refractivity contribution in [1.29, 1.82) is 0 Å². The van der Waals surface area contributed by atoms with Crippen molar-refractivity contribution in [3.63, 3.8) is 0 Å². The fourth-order valence-electron chi connectivity index (χ4n) is 2.11. The zero-order chi connectivity index (χ0) is 14.4. The number of rotatable bonds is 6. The predicted octanol–water partition coefficient (Wildman–Crippen LogP) is 2.75. The molecule has 0 fully saturated rings. The molecule has 0 bridgehead atoms. The van der Waals surface area contributed by atoms with Gasteiger partial charge in [-0.2, -0.15) is 0 Å². The number of thioether (sulfide) groups is 1. The number of benzene rings is 1. The summed E-state index contributed by atoms with van der Waals surface area (Å²) in [6.07, 6.45) is 5.58. The lowest BCUT2D eigenvalue weighted by atomic mass is 10.0. The number of hydrazine groups is 1.